The standard InChI is InChI=1S/C10H11F2NO4S2/c11-10(12)4-6(10)1-2-13-19(16,17)7-3-8(9(14)15)18-5-7/h3,5-6,13H,1-2,4H2,(H,14,15). The Morgan fingerprint density at radius 1 is 1.58 bits per heavy atom. The first kappa shape index (κ1) is 14.4. The second-order valence-corrected chi connectivity index (χ2v) is 6.98. The minimum Gasteiger partial charge on any atom is -0.477 e. The summed E-state index contributed by atoms with van der Waals surface area (Å²) < 4.78 is 50.9. The third-order valence-electron chi connectivity index (χ3n) is 2.84. The molecule has 0 spiro atoms. The van der Waals surface area contributed by atoms with Crippen molar-refractivity contribution in [2.45, 2.75) is 23.7 Å². The van der Waals surface area contributed by atoms with E-state index in [0.717, 1.165) is 17.4 Å². The molecule has 1 aromatic rings. The zero-order valence-electron chi connectivity index (χ0n) is 9.60. The fourth-order valence-electron chi connectivity index (χ4n) is 1.61. The lowest BCUT2D eigenvalue weighted by atomic mass is 10.3. The molecule has 0 radical (unpaired) electrons. The molecule has 106 valence electrons. The molecule has 1 aliphatic carbocycles. The van der Waals surface area contributed by atoms with E-state index in [4.69, 9.17) is 5.11 Å². The summed E-state index contributed by atoms with van der Waals surface area (Å²) in [4.78, 5) is 10.4. The van der Waals surface area contributed by atoms with E-state index in [1.165, 1.54) is 5.38 Å². The number of hydrogen-bond donors (Lipinski definition) is 2. The molecule has 1 heterocycles. The van der Waals surface area contributed by atoms with Gasteiger partial charge in [0.05, 0.1) is 4.90 Å². The summed E-state index contributed by atoms with van der Waals surface area (Å²) in [6.45, 7) is -0.0825. The van der Waals surface area contributed by atoms with E-state index in [2.05, 4.69) is 4.72 Å². The van der Waals surface area contributed by atoms with Gasteiger partial charge in [-0.05, 0) is 12.5 Å². The van der Waals surface area contributed by atoms with E-state index in [-0.39, 0.29) is 29.2 Å². The Morgan fingerprint density at radius 3 is 2.68 bits per heavy atom. The van der Waals surface area contributed by atoms with Crippen molar-refractivity contribution in [1.82, 2.24) is 4.72 Å². The number of thiophene rings is 1. The van der Waals surface area contributed by atoms with Crippen molar-refractivity contribution in [3.63, 3.8) is 0 Å². The number of rotatable bonds is 6. The second kappa shape index (κ2) is 4.80. The van der Waals surface area contributed by atoms with E-state index < -0.39 is 27.8 Å². The SMILES string of the molecule is O=C(O)c1cc(S(=O)(=O)NCCC2CC2(F)F)cs1. The minimum atomic E-state index is -3.83. The fraction of sp³-hybridized carbons (Fsp3) is 0.500. The van der Waals surface area contributed by atoms with Gasteiger partial charge in [0.25, 0.3) is 5.92 Å². The maximum absolute atomic E-state index is 12.6. The lowest BCUT2D eigenvalue weighted by Crippen LogP contribution is -2.25. The van der Waals surface area contributed by atoms with Crippen molar-refractivity contribution in [1.29, 1.82) is 0 Å². The zero-order valence-corrected chi connectivity index (χ0v) is 11.2. The third-order valence-corrected chi connectivity index (χ3v) is 5.34. The highest BCUT2D eigenvalue weighted by Crippen LogP contribution is 2.50. The summed E-state index contributed by atoms with van der Waals surface area (Å²) in [5, 5.41) is 9.90. The Labute approximate surface area is 112 Å². The predicted octanol–water partition coefficient (Wildman–Crippen LogP) is 1.77. The first-order valence-corrected chi connectivity index (χ1v) is 7.78. The highest BCUT2D eigenvalue weighted by Gasteiger charge is 2.55. The number of sulfonamides is 1. The molecule has 1 aliphatic rings. The van der Waals surface area contributed by atoms with Gasteiger partial charge in [0.1, 0.15) is 4.88 Å². The van der Waals surface area contributed by atoms with Crippen molar-refractivity contribution in [3.8, 4) is 0 Å². The van der Waals surface area contributed by atoms with E-state index in [9.17, 15) is 22.0 Å². The third kappa shape index (κ3) is 3.28. The number of nitrogens with one attached hydrogen (secondary N) is 1. The average Bonchev–Trinajstić information content (AvgIpc) is 2.76. The highest BCUT2D eigenvalue weighted by atomic mass is 32.2. The van der Waals surface area contributed by atoms with Gasteiger partial charge in [0, 0.05) is 24.3 Å². The highest BCUT2D eigenvalue weighted by molar-refractivity contribution is 7.89. The largest absolute Gasteiger partial charge is 0.477 e. The number of carboxylic acid groups (broad SMARTS) is 1. The smallest absolute Gasteiger partial charge is 0.345 e. The molecule has 1 aromatic heterocycles. The van der Waals surface area contributed by atoms with Crippen LogP contribution in [0.2, 0.25) is 0 Å². The summed E-state index contributed by atoms with van der Waals surface area (Å²) in [7, 11) is -3.83. The molecule has 0 aromatic carbocycles. The summed E-state index contributed by atoms with van der Waals surface area (Å²) in [6.07, 6.45) is -0.126. The van der Waals surface area contributed by atoms with E-state index >= 15 is 0 Å². The molecule has 1 fully saturated rings. The van der Waals surface area contributed by atoms with Gasteiger partial charge in [-0.2, -0.15) is 0 Å². The van der Waals surface area contributed by atoms with Crippen LogP contribution in [0.15, 0.2) is 16.3 Å². The fourth-order valence-corrected chi connectivity index (χ4v) is 3.76. The summed E-state index contributed by atoms with van der Waals surface area (Å²) in [5.74, 6) is -4.62. The predicted molar refractivity (Wildman–Crippen MR) is 64.1 cm³/mol. The summed E-state index contributed by atoms with van der Waals surface area (Å²) in [5.41, 5.74) is 0. The molecule has 2 N–H and O–H groups in total. The average molecular weight is 311 g/mol. The van der Waals surface area contributed by atoms with Crippen LogP contribution in [-0.4, -0.2) is 32.0 Å². The van der Waals surface area contributed by atoms with Gasteiger partial charge >= 0.3 is 5.97 Å². The van der Waals surface area contributed by atoms with Crippen molar-refractivity contribution >= 4 is 27.3 Å². The monoisotopic (exact) mass is 311 g/mol. The van der Waals surface area contributed by atoms with Crippen molar-refractivity contribution < 1.29 is 27.1 Å². The Hall–Kier alpha value is -1.06. The molecule has 0 bridgehead atoms. The first-order chi connectivity index (χ1) is 8.72. The molecule has 1 saturated carbocycles. The van der Waals surface area contributed by atoms with Crippen LogP contribution in [0.3, 0.4) is 0 Å². The molecule has 0 aliphatic heterocycles. The molecule has 1 unspecified atom stereocenters. The number of carboxylic acids is 1. The van der Waals surface area contributed by atoms with Gasteiger partial charge in [0.15, 0.2) is 0 Å². The van der Waals surface area contributed by atoms with Crippen molar-refractivity contribution in [2.24, 2.45) is 5.92 Å². The maximum Gasteiger partial charge on any atom is 0.345 e. The quantitative estimate of drug-likeness (QED) is 0.838. The minimum absolute atomic E-state index is 0.0716. The molecule has 9 heteroatoms. The van der Waals surface area contributed by atoms with Gasteiger partial charge < -0.3 is 5.11 Å². The zero-order chi connectivity index (χ0) is 14.3. The van der Waals surface area contributed by atoms with Gasteiger partial charge in [-0.15, -0.1) is 11.3 Å². The van der Waals surface area contributed by atoms with Crippen LogP contribution in [0.5, 0.6) is 0 Å². The molecule has 19 heavy (non-hydrogen) atoms. The van der Waals surface area contributed by atoms with E-state index in [0.29, 0.717) is 0 Å². The first-order valence-electron chi connectivity index (χ1n) is 5.42. The number of carbonyl (C=O) groups is 1. The molecular formula is C10H11F2NO4S2. The summed E-state index contributed by atoms with van der Waals surface area (Å²) >= 11 is 0.798. The van der Waals surface area contributed by atoms with Crippen LogP contribution >= 0.6 is 11.3 Å². The normalized spacial score (nSPS) is 21.3. The van der Waals surface area contributed by atoms with Crippen LogP contribution in [0.25, 0.3) is 0 Å². The van der Waals surface area contributed by atoms with Gasteiger partial charge in [-0.25, -0.2) is 26.7 Å². The van der Waals surface area contributed by atoms with Gasteiger partial charge in [-0.3, -0.25) is 0 Å². The Morgan fingerprint density at radius 2 is 2.21 bits per heavy atom. The Kier molecular flexibility index (Phi) is 3.63. The van der Waals surface area contributed by atoms with Gasteiger partial charge in [0.2, 0.25) is 10.0 Å². The summed E-state index contributed by atoms with van der Waals surface area (Å²) in [6, 6.07) is 1.04. The maximum atomic E-state index is 12.6. The van der Waals surface area contributed by atoms with Gasteiger partial charge in [-0.1, -0.05) is 0 Å². The van der Waals surface area contributed by atoms with Crippen LogP contribution in [0.1, 0.15) is 22.5 Å². The number of alkyl halides is 2. The topological polar surface area (TPSA) is 83.5 Å². The molecule has 2 rings (SSSR count). The molecule has 0 saturated heterocycles. The lowest BCUT2D eigenvalue weighted by molar-refractivity contribution is 0.0701. The van der Waals surface area contributed by atoms with E-state index in [1.807, 2.05) is 0 Å². The van der Waals surface area contributed by atoms with Crippen LogP contribution < -0.4 is 4.72 Å². The van der Waals surface area contributed by atoms with Crippen LogP contribution in [-0.2, 0) is 10.0 Å². The second-order valence-electron chi connectivity index (χ2n) is 4.30. The molecule has 5 nitrogen and oxygen atoms in total. The number of halogens is 2. The molecular weight excluding hydrogens is 300 g/mol. The van der Waals surface area contributed by atoms with Crippen molar-refractivity contribution in [2.75, 3.05) is 6.54 Å². The van der Waals surface area contributed by atoms with Crippen LogP contribution in [0.4, 0.5) is 8.78 Å². The lowest BCUT2D eigenvalue weighted by Gasteiger charge is -2.04. The van der Waals surface area contributed by atoms with E-state index in [1.54, 1.807) is 0 Å². The number of hydrogen-bond acceptors (Lipinski definition) is 4. The molecule has 0 amide bonds. The van der Waals surface area contributed by atoms with Crippen LogP contribution in [0, 0.1) is 5.92 Å². The van der Waals surface area contributed by atoms with Crippen molar-refractivity contribution in [3.05, 3.63) is 16.3 Å². The number of aromatic carboxylic acids is 1. The molecule has 1 atom stereocenters. The Bertz CT molecular complexity index is 596. The Balaban J connectivity index is 1.92.